The van der Waals surface area contributed by atoms with Crippen molar-refractivity contribution in [1.82, 2.24) is 14.6 Å². The average Bonchev–Trinajstić information content (AvgIpc) is 2.45. The van der Waals surface area contributed by atoms with Gasteiger partial charge in [-0.25, -0.2) is 8.42 Å². The largest absolute Gasteiger partial charge is 0.355 e. The van der Waals surface area contributed by atoms with E-state index in [1.54, 1.807) is 6.07 Å². The van der Waals surface area contributed by atoms with Gasteiger partial charge in [-0.15, -0.1) is 0 Å². The fraction of sp³-hybridized carbons (Fsp3) is 0.538. The van der Waals surface area contributed by atoms with E-state index in [0.717, 1.165) is 4.31 Å². The Morgan fingerprint density at radius 1 is 1.43 bits per heavy atom. The Hall–Kier alpha value is -1.51. The number of nitrogens with zero attached hydrogens (tertiary/aromatic N) is 2. The third-order valence-electron chi connectivity index (χ3n) is 2.79. The van der Waals surface area contributed by atoms with Crippen molar-refractivity contribution in [3.63, 3.8) is 0 Å². The SMILES string of the molecule is CC(C)CNC(=O)CN(C)S(=O)(=O)c1ccc(CN)nc1. The minimum atomic E-state index is -3.73. The number of rotatable bonds is 7. The molecule has 118 valence electrons. The number of sulfonamides is 1. The summed E-state index contributed by atoms with van der Waals surface area (Å²) in [6.07, 6.45) is 1.25. The topological polar surface area (TPSA) is 105 Å². The van der Waals surface area contributed by atoms with Crippen molar-refractivity contribution >= 4 is 15.9 Å². The lowest BCUT2D eigenvalue weighted by atomic mass is 10.2. The number of amides is 1. The minimum Gasteiger partial charge on any atom is -0.355 e. The van der Waals surface area contributed by atoms with E-state index in [9.17, 15) is 13.2 Å². The number of aromatic nitrogens is 1. The molecule has 0 atom stereocenters. The van der Waals surface area contributed by atoms with Crippen molar-refractivity contribution in [1.29, 1.82) is 0 Å². The van der Waals surface area contributed by atoms with Gasteiger partial charge in [-0.05, 0) is 18.1 Å². The van der Waals surface area contributed by atoms with E-state index < -0.39 is 10.0 Å². The van der Waals surface area contributed by atoms with Crippen LogP contribution in [0.15, 0.2) is 23.2 Å². The van der Waals surface area contributed by atoms with Gasteiger partial charge in [-0.1, -0.05) is 13.8 Å². The van der Waals surface area contributed by atoms with E-state index in [2.05, 4.69) is 10.3 Å². The van der Waals surface area contributed by atoms with E-state index in [0.29, 0.717) is 18.2 Å². The van der Waals surface area contributed by atoms with Crippen molar-refractivity contribution in [3.8, 4) is 0 Å². The Bertz CT molecular complexity index is 570. The zero-order valence-electron chi connectivity index (χ0n) is 12.5. The highest BCUT2D eigenvalue weighted by Gasteiger charge is 2.23. The second kappa shape index (κ2) is 7.48. The number of carbonyl (C=O) groups is 1. The normalized spacial score (nSPS) is 11.9. The molecule has 0 aliphatic heterocycles. The van der Waals surface area contributed by atoms with E-state index in [1.165, 1.54) is 19.3 Å². The smallest absolute Gasteiger partial charge is 0.244 e. The maximum atomic E-state index is 12.3. The van der Waals surface area contributed by atoms with Crippen LogP contribution in [-0.2, 0) is 21.4 Å². The molecule has 8 heteroatoms. The molecule has 0 spiro atoms. The molecule has 21 heavy (non-hydrogen) atoms. The van der Waals surface area contributed by atoms with E-state index in [-0.39, 0.29) is 23.9 Å². The molecule has 0 unspecified atom stereocenters. The van der Waals surface area contributed by atoms with Crippen molar-refractivity contribution in [3.05, 3.63) is 24.0 Å². The second-order valence-corrected chi connectivity index (χ2v) is 7.19. The molecule has 1 aromatic heterocycles. The number of hydrogen-bond donors (Lipinski definition) is 2. The molecule has 7 nitrogen and oxygen atoms in total. The van der Waals surface area contributed by atoms with Crippen LogP contribution >= 0.6 is 0 Å². The molecule has 0 aromatic carbocycles. The van der Waals surface area contributed by atoms with Crippen LogP contribution in [0, 0.1) is 5.92 Å². The van der Waals surface area contributed by atoms with Gasteiger partial charge in [0, 0.05) is 26.3 Å². The third kappa shape index (κ3) is 5.07. The Morgan fingerprint density at radius 3 is 2.57 bits per heavy atom. The van der Waals surface area contributed by atoms with Crippen molar-refractivity contribution < 1.29 is 13.2 Å². The molecule has 1 aromatic rings. The number of hydrogen-bond acceptors (Lipinski definition) is 5. The van der Waals surface area contributed by atoms with Crippen LogP contribution in [0.2, 0.25) is 0 Å². The van der Waals surface area contributed by atoms with Crippen molar-refractivity contribution in [2.45, 2.75) is 25.3 Å². The summed E-state index contributed by atoms with van der Waals surface area (Å²) in [7, 11) is -2.37. The summed E-state index contributed by atoms with van der Waals surface area (Å²) in [5.41, 5.74) is 6.02. The van der Waals surface area contributed by atoms with Crippen LogP contribution in [0.5, 0.6) is 0 Å². The van der Waals surface area contributed by atoms with Gasteiger partial charge in [0.1, 0.15) is 4.90 Å². The zero-order chi connectivity index (χ0) is 16.0. The lowest BCUT2D eigenvalue weighted by Crippen LogP contribution is -2.39. The monoisotopic (exact) mass is 314 g/mol. The van der Waals surface area contributed by atoms with Crippen molar-refractivity contribution in [2.75, 3.05) is 20.1 Å². The maximum absolute atomic E-state index is 12.3. The van der Waals surface area contributed by atoms with E-state index >= 15 is 0 Å². The summed E-state index contributed by atoms with van der Waals surface area (Å²) in [5.74, 6) is -0.0230. The zero-order valence-corrected chi connectivity index (χ0v) is 13.4. The summed E-state index contributed by atoms with van der Waals surface area (Å²) < 4.78 is 25.6. The lowest BCUT2D eigenvalue weighted by Gasteiger charge is -2.17. The standard InChI is InChI=1S/C13H22N4O3S/c1-10(2)7-16-13(18)9-17(3)21(19,20)12-5-4-11(6-14)15-8-12/h4-5,8,10H,6-7,9,14H2,1-3H3,(H,16,18). The van der Waals surface area contributed by atoms with Gasteiger partial charge in [0.2, 0.25) is 15.9 Å². The van der Waals surface area contributed by atoms with Gasteiger partial charge in [0.25, 0.3) is 0 Å². The van der Waals surface area contributed by atoms with Crippen LogP contribution in [-0.4, -0.2) is 43.8 Å². The fourth-order valence-electron chi connectivity index (χ4n) is 1.53. The summed E-state index contributed by atoms with van der Waals surface area (Å²) in [4.78, 5) is 15.7. The number of pyridine rings is 1. The number of carbonyl (C=O) groups excluding carboxylic acids is 1. The Morgan fingerprint density at radius 2 is 2.10 bits per heavy atom. The summed E-state index contributed by atoms with van der Waals surface area (Å²) in [5, 5.41) is 2.68. The van der Waals surface area contributed by atoms with Gasteiger partial charge in [0.15, 0.2) is 0 Å². The summed E-state index contributed by atoms with van der Waals surface area (Å²) in [6.45, 7) is 4.46. The van der Waals surface area contributed by atoms with Crippen LogP contribution in [0.4, 0.5) is 0 Å². The van der Waals surface area contributed by atoms with Gasteiger partial charge >= 0.3 is 0 Å². The van der Waals surface area contributed by atoms with Crippen LogP contribution in [0.25, 0.3) is 0 Å². The van der Waals surface area contributed by atoms with Crippen LogP contribution < -0.4 is 11.1 Å². The quantitative estimate of drug-likeness (QED) is 0.733. The molecule has 0 saturated carbocycles. The van der Waals surface area contributed by atoms with Gasteiger partial charge < -0.3 is 11.1 Å². The molecule has 1 rings (SSSR count). The Kier molecular flexibility index (Phi) is 6.25. The molecule has 0 saturated heterocycles. The molecule has 1 amide bonds. The molecule has 1 heterocycles. The highest BCUT2D eigenvalue weighted by Crippen LogP contribution is 2.13. The molecule has 3 N–H and O–H groups in total. The molecular formula is C13H22N4O3S. The highest BCUT2D eigenvalue weighted by molar-refractivity contribution is 7.89. The highest BCUT2D eigenvalue weighted by atomic mass is 32.2. The molecular weight excluding hydrogens is 292 g/mol. The maximum Gasteiger partial charge on any atom is 0.244 e. The number of nitrogens with two attached hydrogens (primary N) is 1. The van der Waals surface area contributed by atoms with Gasteiger partial charge in [-0.2, -0.15) is 4.31 Å². The average molecular weight is 314 g/mol. The molecule has 0 aliphatic rings. The lowest BCUT2D eigenvalue weighted by molar-refractivity contribution is -0.121. The summed E-state index contributed by atoms with van der Waals surface area (Å²) in [6, 6.07) is 2.99. The number of nitrogens with one attached hydrogen (secondary N) is 1. The molecule has 0 aliphatic carbocycles. The van der Waals surface area contributed by atoms with Crippen LogP contribution in [0.3, 0.4) is 0 Å². The predicted molar refractivity (Wildman–Crippen MR) is 79.8 cm³/mol. The molecule has 0 radical (unpaired) electrons. The molecule has 0 bridgehead atoms. The van der Waals surface area contributed by atoms with Crippen LogP contribution in [0.1, 0.15) is 19.5 Å². The first-order valence-electron chi connectivity index (χ1n) is 6.65. The number of likely N-dealkylation sites (N-methyl/N-ethyl adjacent to an activating group) is 1. The van der Waals surface area contributed by atoms with Gasteiger partial charge in [-0.3, -0.25) is 9.78 Å². The fourth-order valence-corrected chi connectivity index (χ4v) is 2.60. The van der Waals surface area contributed by atoms with E-state index in [1.807, 2.05) is 13.8 Å². The Labute approximate surface area is 125 Å². The second-order valence-electron chi connectivity index (χ2n) is 5.15. The predicted octanol–water partition coefficient (Wildman–Crippen LogP) is -0.0670. The first-order chi connectivity index (χ1) is 9.77. The van der Waals surface area contributed by atoms with E-state index in [4.69, 9.17) is 5.73 Å². The first-order valence-corrected chi connectivity index (χ1v) is 8.09. The minimum absolute atomic E-state index is 0.0406. The Balaban J connectivity index is 2.74. The summed E-state index contributed by atoms with van der Waals surface area (Å²) >= 11 is 0. The van der Waals surface area contributed by atoms with Crippen molar-refractivity contribution in [2.24, 2.45) is 11.7 Å². The third-order valence-corrected chi connectivity index (χ3v) is 4.58. The molecule has 0 fully saturated rings. The van der Waals surface area contributed by atoms with Gasteiger partial charge in [0.05, 0.1) is 12.2 Å². The first kappa shape index (κ1) is 17.5.